The Bertz CT molecular complexity index is 257. The van der Waals surface area contributed by atoms with Gasteiger partial charge in [0.05, 0.1) is 0 Å². The molecule has 2 unspecified atom stereocenters. The van der Waals surface area contributed by atoms with Crippen molar-refractivity contribution in [3.8, 4) is 0 Å². The summed E-state index contributed by atoms with van der Waals surface area (Å²) in [6, 6.07) is 0.701. The molecule has 1 heterocycles. The van der Waals surface area contributed by atoms with E-state index in [1.807, 2.05) is 0 Å². The van der Waals surface area contributed by atoms with Crippen LogP contribution in [0.5, 0.6) is 0 Å². The van der Waals surface area contributed by atoms with Gasteiger partial charge in [-0.05, 0) is 58.8 Å². The fourth-order valence-electron chi connectivity index (χ4n) is 2.72. The molecule has 128 valence electrons. The first kappa shape index (κ1) is 23.2. The van der Waals surface area contributed by atoms with Gasteiger partial charge >= 0.3 is 0 Å². The van der Waals surface area contributed by atoms with Crippen molar-refractivity contribution in [1.82, 2.24) is 15.5 Å². The second-order valence-corrected chi connectivity index (χ2v) is 5.64. The second kappa shape index (κ2) is 13.6. The average Bonchev–Trinajstić information content (AvgIpc) is 2.87. The van der Waals surface area contributed by atoms with E-state index in [1.165, 1.54) is 6.42 Å². The molecule has 0 aliphatic carbocycles. The van der Waals surface area contributed by atoms with Gasteiger partial charge in [-0.2, -0.15) is 0 Å². The lowest BCUT2D eigenvalue weighted by atomic mass is 10.1. The molecule has 0 aromatic heterocycles. The van der Waals surface area contributed by atoms with Crippen LogP contribution in [0.2, 0.25) is 0 Å². The van der Waals surface area contributed by atoms with Crippen molar-refractivity contribution in [3.63, 3.8) is 0 Å². The summed E-state index contributed by atoms with van der Waals surface area (Å²) in [5, 5.41) is 6.49. The Kier molecular flexibility index (Phi) is 15.1. The Morgan fingerprint density at radius 1 is 1.33 bits per heavy atom. The highest BCUT2D eigenvalue weighted by Crippen LogP contribution is 2.09. The van der Waals surface area contributed by atoms with Crippen LogP contribution in [0.15, 0.2) is 0 Å². The quantitative estimate of drug-likeness (QED) is 0.677. The minimum atomic E-state index is 0. The van der Waals surface area contributed by atoms with Crippen LogP contribution in [0.3, 0.4) is 0 Å². The second-order valence-electron chi connectivity index (χ2n) is 5.64. The molecule has 0 radical (unpaired) electrons. The highest BCUT2D eigenvalue weighted by molar-refractivity contribution is 5.85. The molecule has 1 rings (SSSR count). The predicted molar refractivity (Wildman–Crippen MR) is 94.8 cm³/mol. The van der Waals surface area contributed by atoms with Gasteiger partial charge in [0, 0.05) is 18.5 Å². The Balaban J connectivity index is 0. The number of halogens is 2. The van der Waals surface area contributed by atoms with Gasteiger partial charge in [-0.3, -0.25) is 4.79 Å². The van der Waals surface area contributed by atoms with Crippen LogP contribution in [-0.4, -0.2) is 49.1 Å². The van der Waals surface area contributed by atoms with E-state index in [0.29, 0.717) is 18.5 Å². The number of nitrogens with zero attached hydrogens (tertiary/aromatic N) is 1. The third kappa shape index (κ3) is 10.3. The Labute approximate surface area is 142 Å². The van der Waals surface area contributed by atoms with Gasteiger partial charge < -0.3 is 15.5 Å². The summed E-state index contributed by atoms with van der Waals surface area (Å²) in [6.07, 6.45) is 5.21. The first-order valence-electron chi connectivity index (χ1n) is 7.90. The molecule has 0 aromatic rings. The molecule has 1 saturated heterocycles. The summed E-state index contributed by atoms with van der Waals surface area (Å²) in [4.78, 5) is 14.3. The minimum absolute atomic E-state index is 0. The number of amides is 1. The summed E-state index contributed by atoms with van der Waals surface area (Å²) in [5.74, 6) is 0.203. The van der Waals surface area contributed by atoms with Gasteiger partial charge in [0.15, 0.2) is 0 Å². The van der Waals surface area contributed by atoms with E-state index in [-0.39, 0.29) is 30.7 Å². The summed E-state index contributed by atoms with van der Waals surface area (Å²) in [5.41, 5.74) is 0. The lowest BCUT2D eigenvalue weighted by molar-refractivity contribution is -0.122. The summed E-state index contributed by atoms with van der Waals surface area (Å²) in [7, 11) is 0. The monoisotopic (exact) mass is 341 g/mol. The van der Waals surface area contributed by atoms with E-state index in [9.17, 15) is 4.79 Å². The highest BCUT2D eigenvalue weighted by Gasteiger charge is 2.18. The van der Waals surface area contributed by atoms with E-state index < -0.39 is 0 Å². The van der Waals surface area contributed by atoms with Crippen LogP contribution in [0.25, 0.3) is 0 Å². The number of carbonyl (C=O) groups is 1. The molecule has 1 amide bonds. The standard InChI is InChI=1S/C15H31N3O.2ClH/c1-4-18(5-2)11-7-8-13(3)17-15(19)12-14-9-6-10-16-14;;/h13-14,16H,4-12H2,1-3H3,(H,17,19);2*1H. The molecular formula is C15H33Cl2N3O. The zero-order valence-electron chi connectivity index (χ0n) is 13.7. The average molecular weight is 342 g/mol. The van der Waals surface area contributed by atoms with E-state index in [0.717, 1.165) is 45.4 Å². The van der Waals surface area contributed by atoms with Crippen LogP contribution >= 0.6 is 24.8 Å². The zero-order chi connectivity index (χ0) is 14.1. The highest BCUT2D eigenvalue weighted by atomic mass is 35.5. The molecule has 0 saturated carbocycles. The van der Waals surface area contributed by atoms with E-state index in [1.54, 1.807) is 0 Å². The Hall–Kier alpha value is -0.0300. The van der Waals surface area contributed by atoms with Crippen molar-refractivity contribution in [3.05, 3.63) is 0 Å². The minimum Gasteiger partial charge on any atom is -0.354 e. The maximum atomic E-state index is 11.9. The Morgan fingerprint density at radius 2 is 2.00 bits per heavy atom. The molecule has 0 bridgehead atoms. The van der Waals surface area contributed by atoms with Crippen LogP contribution < -0.4 is 10.6 Å². The maximum Gasteiger partial charge on any atom is 0.221 e. The van der Waals surface area contributed by atoms with Crippen molar-refractivity contribution in [2.45, 2.75) is 65.0 Å². The summed E-state index contributed by atoms with van der Waals surface area (Å²) in [6.45, 7) is 10.9. The van der Waals surface area contributed by atoms with Crippen LogP contribution in [0, 0.1) is 0 Å². The first-order chi connectivity index (χ1) is 9.15. The van der Waals surface area contributed by atoms with Gasteiger partial charge in [0.25, 0.3) is 0 Å². The topological polar surface area (TPSA) is 44.4 Å². The molecule has 0 aromatic carbocycles. The molecule has 0 spiro atoms. The molecule has 1 aliphatic heterocycles. The maximum absolute atomic E-state index is 11.9. The normalized spacial score (nSPS) is 18.8. The van der Waals surface area contributed by atoms with Gasteiger partial charge in [-0.15, -0.1) is 24.8 Å². The van der Waals surface area contributed by atoms with Crippen LogP contribution in [0.1, 0.15) is 52.9 Å². The van der Waals surface area contributed by atoms with Crippen LogP contribution in [0.4, 0.5) is 0 Å². The van der Waals surface area contributed by atoms with E-state index in [4.69, 9.17) is 0 Å². The molecular weight excluding hydrogens is 309 g/mol. The van der Waals surface area contributed by atoms with Crippen molar-refractivity contribution >= 4 is 30.7 Å². The molecule has 2 N–H and O–H groups in total. The van der Waals surface area contributed by atoms with Crippen molar-refractivity contribution in [2.75, 3.05) is 26.2 Å². The van der Waals surface area contributed by atoms with Gasteiger partial charge in [0.2, 0.25) is 5.91 Å². The smallest absolute Gasteiger partial charge is 0.221 e. The number of rotatable bonds is 9. The number of carbonyl (C=O) groups excluding carboxylic acids is 1. The number of hydrogen-bond donors (Lipinski definition) is 2. The fourth-order valence-corrected chi connectivity index (χ4v) is 2.72. The van der Waals surface area contributed by atoms with Gasteiger partial charge in [-0.25, -0.2) is 0 Å². The molecule has 2 atom stereocenters. The lowest BCUT2D eigenvalue weighted by Gasteiger charge is -2.20. The number of nitrogens with one attached hydrogen (secondary N) is 2. The lowest BCUT2D eigenvalue weighted by Crippen LogP contribution is -2.37. The van der Waals surface area contributed by atoms with Crippen LogP contribution in [-0.2, 0) is 4.79 Å². The summed E-state index contributed by atoms with van der Waals surface area (Å²) >= 11 is 0. The largest absolute Gasteiger partial charge is 0.354 e. The SMILES string of the molecule is CCN(CC)CCCC(C)NC(=O)CC1CCCN1.Cl.Cl. The zero-order valence-corrected chi connectivity index (χ0v) is 15.3. The van der Waals surface area contributed by atoms with E-state index >= 15 is 0 Å². The van der Waals surface area contributed by atoms with Gasteiger partial charge in [-0.1, -0.05) is 13.8 Å². The molecule has 4 nitrogen and oxygen atoms in total. The third-order valence-electron chi connectivity index (χ3n) is 4.01. The van der Waals surface area contributed by atoms with E-state index in [2.05, 4.69) is 36.3 Å². The van der Waals surface area contributed by atoms with Crippen molar-refractivity contribution in [2.24, 2.45) is 0 Å². The molecule has 1 fully saturated rings. The predicted octanol–water partition coefficient (Wildman–Crippen LogP) is 2.60. The molecule has 6 heteroatoms. The number of hydrogen-bond acceptors (Lipinski definition) is 3. The van der Waals surface area contributed by atoms with Crippen molar-refractivity contribution in [1.29, 1.82) is 0 Å². The molecule has 21 heavy (non-hydrogen) atoms. The first-order valence-corrected chi connectivity index (χ1v) is 7.90. The fraction of sp³-hybridized carbons (Fsp3) is 0.933. The van der Waals surface area contributed by atoms with Gasteiger partial charge in [0.1, 0.15) is 0 Å². The molecule has 1 aliphatic rings. The summed E-state index contributed by atoms with van der Waals surface area (Å²) < 4.78 is 0. The van der Waals surface area contributed by atoms with Crippen molar-refractivity contribution < 1.29 is 4.79 Å². The third-order valence-corrected chi connectivity index (χ3v) is 4.01. The Morgan fingerprint density at radius 3 is 2.52 bits per heavy atom.